The van der Waals surface area contributed by atoms with Gasteiger partial charge in [-0.2, -0.15) is 0 Å². The fourth-order valence-corrected chi connectivity index (χ4v) is 4.78. The molecule has 166 valence electrons. The molecule has 1 fully saturated rings. The van der Waals surface area contributed by atoms with E-state index in [2.05, 4.69) is 60.4 Å². The van der Waals surface area contributed by atoms with Crippen LogP contribution < -0.4 is 9.64 Å². The van der Waals surface area contributed by atoms with Crippen LogP contribution in [0, 0.1) is 6.92 Å². The number of nitrogens with zero attached hydrogens (tertiary/aromatic N) is 2. The Morgan fingerprint density at radius 2 is 1.66 bits per heavy atom. The third-order valence-electron chi connectivity index (χ3n) is 5.71. The molecule has 0 unspecified atom stereocenters. The van der Waals surface area contributed by atoms with E-state index in [9.17, 15) is 4.79 Å². The number of carbonyl (C=O) groups excluding carboxylic acids is 1. The number of thioether (sulfide) groups is 1. The molecule has 1 aliphatic heterocycles. The highest BCUT2D eigenvalue weighted by molar-refractivity contribution is 7.98. The molecule has 1 heterocycles. The summed E-state index contributed by atoms with van der Waals surface area (Å²) in [6, 6.07) is 24.8. The van der Waals surface area contributed by atoms with Crippen molar-refractivity contribution in [3.63, 3.8) is 0 Å². The highest BCUT2D eigenvalue weighted by Gasteiger charge is 2.23. The summed E-state index contributed by atoms with van der Waals surface area (Å²) in [5.41, 5.74) is 4.27. The first-order valence-electron chi connectivity index (χ1n) is 11.2. The fraction of sp³-hybridized carbons (Fsp3) is 0.296. The van der Waals surface area contributed by atoms with Crippen molar-refractivity contribution in [1.82, 2.24) is 4.90 Å². The second-order valence-electron chi connectivity index (χ2n) is 7.97. The molecular formula is C27H30N2O2S. The molecule has 0 N–H and O–H groups in total. The molecule has 0 spiro atoms. The van der Waals surface area contributed by atoms with Gasteiger partial charge < -0.3 is 14.5 Å². The van der Waals surface area contributed by atoms with Crippen LogP contribution in [0.2, 0.25) is 0 Å². The Labute approximate surface area is 195 Å². The molecule has 3 aromatic carbocycles. The van der Waals surface area contributed by atoms with E-state index in [1.165, 1.54) is 16.1 Å². The average Bonchev–Trinajstić information content (AvgIpc) is 2.85. The van der Waals surface area contributed by atoms with Crippen molar-refractivity contribution in [3.05, 3.63) is 89.5 Å². The molecule has 4 nitrogen and oxygen atoms in total. The summed E-state index contributed by atoms with van der Waals surface area (Å²) in [5.74, 6) is 1.72. The normalized spacial score (nSPS) is 13.8. The number of benzene rings is 3. The standard InChI is InChI=1S/C27H30N2O2S/c1-3-31-26-14-11-22(19-23(26)20-32-25-12-9-21(2)10-13-25)27(30)29-17-15-28(16-18-29)24-7-5-4-6-8-24/h4-14,19H,3,15-18,20H2,1-2H3. The summed E-state index contributed by atoms with van der Waals surface area (Å²) in [6.07, 6.45) is 0. The van der Waals surface area contributed by atoms with Gasteiger partial charge in [0, 0.05) is 53.6 Å². The first kappa shape index (κ1) is 22.3. The van der Waals surface area contributed by atoms with E-state index in [0.717, 1.165) is 48.8 Å². The molecule has 32 heavy (non-hydrogen) atoms. The van der Waals surface area contributed by atoms with Crippen LogP contribution in [-0.4, -0.2) is 43.6 Å². The van der Waals surface area contributed by atoms with Crippen molar-refractivity contribution in [1.29, 1.82) is 0 Å². The predicted molar refractivity (Wildman–Crippen MR) is 133 cm³/mol. The summed E-state index contributed by atoms with van der Waals surface area (Å²) in [7, 11) is 0. The minimum Gasteiger partial charge on any atom is -0.494 e. The summed E-state index contributed by atoms with van der Waals surface area (Å²) < 4.78 is 5.84. The molecule has 5 heteroatoms. The van der Waals surface area contributed by atoms with Gasteiger partial charge in [-0.1, -0.05) is 35.9 Å². The quantitative estimate of drug-likeness (QED) is 0.439. The van der Waals surface area contributed by atoms with Gasteiger partial charge in [-0.25, -0.2) is 0 Å². The smallest absolute Gasteiger partial charge is 0.253 e. The molecule has 0 radical (unpaired) electrons. The highest BCUT2D eigenvalue weighted by Crippen LogP contribution is 2.30. The average molecular weight is 447 g/mol. The van der Waals surface area contributed by atoms with Crippen LogP contribution in [0.5, 0.6) is 5.75 Å². The lowest BCUT2D eigenvalue weighted by atomic mass is 10.1. The lowest BCUT2D eigenvalue weighted by Gasteiger charge is -2.36. The van der Waals surface area contributed by atoms with Crippen LogP contribution in [0.1, 0.15) is 28.4 Å². The Kier molecular flexibility index (Phi) is 7.38. The molecule has 0 saturated carbocycles. The number of hydrogen-bond acceptors (Lipinski definition) is 4. The number of hydrogen-bond donors (Lipinski definition) is 0. The zero-order chi connectivity index (χ0) is 22.3. The topological polar surface area (TPSA) is 32.8 Å². The molecule has 3 aromatic rings. The maximum Gasteiger partial charge on any atom is 0.253 e. The van der Waals surface area contributed by atoms with Crippen molar-refractivity contribution in [2.45, 2.75) is 24.5 Å². The van der Waals surface area contributed by atoms with E-state index >= 15 is 0 Å². The van der Waals surface area contributed by atoms with E-state index < -0.39 is 0 Å². The van der Waals surface area contributed by atoms with Crippen molar-refractivity contribution >= 4 is 23.4 Å². The van der Waals surface area contributed by atoms with E-state index in [4.69, 9.17) is 4.74 Å². The van der Waals surface area contributed by atoms with E-state index in [1.807, 2.05) is 36.1 Å². The van der Waals surface area contributed by atoms with Gasteiger partial charge in [0.1, 0.15) is 5.75 Å². The van der Waals surface area contributed by atoms with Gasteiger partial charge in [0.05, 0.1) is 6.61 Å². The molecule has 0 aromatic heterocycles. The Morgan fingerprint density at radius 1 is 0.938 bits per heavy atom. The zero-order valence-electron chi connectivity index (χ0n) is 18.8. The van der Waals surface area contributed by atoms with Gasteiger partial charge >= 0.3 is 0 Å². The Morgan fingerprint density at radius 3 is 2.34 bits per heavy atom. The Bertz CT molecular complexity index is 1030. The Balaban J connectivity index is 1.44. The van der Waals surface area contributed by atoms with Gasteiger partial charge in [-0.05, 0) is 56.3 Å². The van der Waals surface area contributed by atoms with Crippen molar-refractivity contribution in [3.8, 4) is 5.75 Å². The Hall–Kier alpha value is -2.92. The second-order valence-corrected chi connectivity index (χ2v) is 9.02. The maximum absolute atomic E-state index is 13.2. The van der Waals surface area contributed by atoms with Crippen LogP contribution in [-0.2, 0) is 5.75 Å². The van der Waals surface area contributed by atoms with Crippen molar-refractivity contribution in [2.75, 3.05) is 37.7 Å². The number of anilines is 1. The highest BCUT2D eigenvalue weighted by atomic mass is 32.2. The molecule has 1 aliphatic rings. The first-order valence-corrected chi connectivity index (χ1v) is 12.2. The third kappa shape index (κ3) is 5.46. The van der Waals surface area contributed by atoms with E-state index in [1.54, 1.807) is 11.8 Å². The minimum absolute atomic E-state index is 0.0994. The fourth-order valence-electron chi connectivity index (χ4n) is 3.91. The van der Waals surface area contributed by atoms with Crippen LogP contribution in [0.4, 0.5) is 5.69 Å². The van der Waals surface area contributed by atoms with Crippen LogP contribution in [0.15, 0.2) is 77.7 Å². The maximum atomic E-state index is 13.2. The molecule has 1 amide bonds. The van der Waals surface area contributed by atoms with E-state index in [0.29, 0.717) is 6.61 Å². The number of aryl methyl sites for hydroxylation is 1. The lowest BCUT2D eigenvalue weighted by molar-refractivity contribution is 0.0746. The van der Waals surface area contributed by atoms with Crippen molar-refractivity contribution < 1.29 is 9.53 Å². The second kappa shape index (κ2) is 10.6. The van der Waals surface area contributed by atoms with Crippen LogP contribution in [0.25, 0.3) is 0 Å². The van der Waals surface area contributed by atoms with Crippen molar-refractivity contribution in [2.24, 2.45) is 0 Å². The van der Waals surface area contributed by atoms with Gasteiger partial charge in [0.15, 0.2) is 0 Å². The summed E-state index contributed by atoms with van der Waals surface area (Å²) in [6.45, 7) is 7.85. The van der Waals surface area contributed by atoms with Gasteiger partial charge in [-0.3, -0.25) is 4.79 Å². The number of piperazine rings is 1. The number of carbonyl (C=O) groups is 1. The van der Waals surface area contributed by atoms with Gasteiger partial charge in [0.25, 0.3) is 5.91 Å². The molecule has 0 bridgehead atoms. The largest absolute Gasteiger partial charge is 0.494 e. The molecule has 0 atom stereocenters. The van der Waals surface area contributed by atoms with E-state index in [-0.39, 0.29) is 5.91 Å². The van der Waals surface area contributed by atoms with Gasteiger partial charge in [0.2, 0.25) is 0 Å². The first-order chi connectivity index (χ1) is 15.6. The number of ether oxygens (including phenoxy) is 1. The SMILES string of the molecule is CCOc1ccc(C(=O)N2CCN(c3ccccc3)CC2)cc1CSc1ccc(C)cc1. The lowest BCUT2D eigenvalue weighted by Crippen LogP contribution is -2.48. The molecule has 1 saturated heterocycles. The number of amides is 1. The number of rotatable bonds is 7. The molecule has 0 aliphatic carbocycles. The molecular weight excluding hydrogens is 416 g/mol. The summed E-state index contributed by atoms with van der Waals surface area (Å²) >= 11 is 1.76. The monoisotopic (exact) mass is 446 g/mol. The summed E-state index contributed by atoms with van der Waals surface area (Å²) in [4.78, 5) is 18.8. The zero-order valence-corrected chi connectivity index (χ0v) is 19.6. The van der Waals surface area contributed by atoms with Crippen LogP contribution >= 0.6 is 11.8 Å². The minimum atomic E-state index is 0.0994. The number of para-hydroxylation sites is 1. The summed E-state index contributed by atoms with van der Waals surface area (Å²) in [5, 5.41) is 0. The molecule has 4 rings (SSSR count). The predicted octanol–water partition coefficient (Wildman–Crippen LogP) is 5.65. The van der Waals surface area contributed by atoms with Gasteiger partial charge in [-0.15, -0.1) is 11.8 Å². The van der Waals surface area contributed by atoms with Crippen LogP contribution in [0.3, 0.4) is 0 Å². The third-order valence-corrected chi connectivity index (χ3v) is 6.77.